The van der Waals surface area contributed by atoms with Crippen molar-refractivity contribution in [1.82, 2.24) is 19.9 Å². The van der Waals surface area contributed by atoms with Crippen molar-refractivity contribution in [2.45, 2.75) is 58.2 Å². The van der Waals surface area contributed by atoms with Crippen molar-refractivity contribution in [3.8, 4) is 0 Å². The molecule has 2 unspecified atom stereocenters. The highest BCUT2D eigenvalue weighted by Crippen LogP contribution is 2.19. The predicted octanol–water partition coefficient (Wildman–Crippen LogP) is 2.24. The fraction of sp³-hybridized carbons (Fsp3) is 0.526. The number of hydrogen-bond donors (Lipinski definition) is 1. The van der Waals surface area contributed by atoms with Gasteiger partial charge in [-0.15, -0.1) is 0 Å². The van der Waals surface area contributed by atoms with Crippen LogP contribution in [-0.4, -0.2) is 45.1 Å². The van der Waals surface area contributed by atoms with Crippen LogP contribution < -0.4 is 5.32 Å². The summed E-state index contributed by atoms with van der Waals surface area (Å²) in [7, 11) is 0. The van der Waals surface area contributed by atoms with E-state index in [1.165, 1.54) is 6.26 Å². The van der Waals surface area contributed by atoms with Gasteiger partial charge in [0.1, 0.15) is 12.0 Å². The molecule has 0 spiro atoms. The van der Waals surface area contributed by atoms with E-state index in [9.17, 15) is 9.59 Å². The molecule has 7 nitrogen and oxygen atoms in total. The van der Waals surface area contributed by atoms with Gasteiger partial charge >= 0.3 is 0 Å². The molecule has 140 valence electrons. The second-order valence-electron chi connectivity index (χ2n) is 6.89. The van der Waals surface area contributed by atoms with Crippen molar-refractivity contribution in [1.29, 1.82) is 0 Å². The van der Waals surface area contributed by atoms with Gasteiger partial charge in [0, 0.05) is 37.4 Å². The Morgan fingerprint density at radius 3 is 2.92 bits per heavy atom. The normalized spacial score (nSPS) is 20.2. The first-order valence-corrected chi connectivity index (χ1v) is 9.23. The van der Waals surface area contributed by atoms with E-state index in [0.717, 1.165) is 25.8 Å². The Hall–Kier alpha value is -2.57. The van der Waals surface area contributed by atoms with E-state index in [1.54, 1.807) is 6.07 Å². The van der Waals surface area contributed by atoms with E-state index < -0.39 is 0 Å². The first kappa shape index (κ1) is 18.2. The molecular formula is C19H26N4O3. The predicted molar refractivity (Wildman–Crippen MR) is 96.6 cm³/mol. The zero-order valence-electron chi connectivity index (χ0n) is 15.4. The minimum Gasteiger partial charge on any atom is -0.364 e. The van der Waals surface area contributed by atoms with Crippen LogP contribution in [0.2, 0.25) is 0 Å². The molecule has 0 saturated carbocycles. The lowest BCUT2D eigenvalue weighted by atomic mass is 9.97. The summed E-state index contributed by atoms with van der Waals surface area (Å²) in [4.78, 5) is 26.9. The van der Waals surface area contributed by atoms with Crippen LogP contribution in [0.1, 0.15) is 49.3 Å². The molecule has 26 heavy (non-hydrogen) atoms. The van der Waals surface area contributed by atoms with Crippen molar-refractivity contribution in [3.05, 3.63) is 42.0 Å². The van der Waals surface area contributed by atoms with Crippen LogP contribution in [0.3, 0.4) is 0 Å². The molecule has 3 rings (SSSR count). The number of nitrogens with zero attached hydrogens (tertiary/aromatic N) is 3. The van der Waals surface area contributed by atoms with Crippen LogP contribution in [0.25, 0.3) is 0 Å². The number of carbonyl (C=O) groups excluding carboxylic acids is 2. The molecule has 2 aromatic heterocycles. The number of amides is 2. The van der Waals surface area contributed by atoms with Crippen molar-refractivity contribution < 1.29 is 14.1 Å². The average molecular weight is 358 g/mol. The van der Waals surface area contributed by atoms with Gasteiger partial charge in [-0.1, -0.05) is 12.1 Å². The van der Waals surface area contributed by atoms with E-state index >= 15 is 0 Å². The Morgan fingerprint density at radius 1 is 1.38 bits per heavy atom. The maximum absolute atomic E-state index is 12.6. The Labute approximate surface area is 153 Å². The number of rotatable bonds is 6. The van der Waals surface area contributed by atoms with Crippen molar-refractivity contribution >= 4 is 11.8 Å². The molecule has 1 aliphatic rings. The number of aryl methyl sites for hydroxylation is 1. The van der Waals surface area contributed by atoms with Gasteiger partial charge in [-0.05, 0) is 38.3 Å². The van der Waals surface area contributed by atoms with E-state index in [2.05, 4.69) is 17.4 Å². The van der Waals surface area contributed by atoms with E-state index in [1.807, 2.05) is 34.7 Å². The molecule has 1 saturated heterocycles. The van der Waals surface area contributed by atoms with Gasteiger partial charge in [-0.25, -0.2) is 0 Å². The zero-order chi connectivity index (χ0) is 18.5. The van der Waals surface area contributed by atoms with Gasteiger partial charge < -0.3 is 19.3 Å². The van der Waals surface area contributed by atoms with Gasteiger partial charge in [0.15, 0.2) is 0 Å². The SMILES string of the molecule is CCCn1cccc1C(=O)NC1CCN(C(=O)Cc2ccon2)C(C)C1. The first-order valence-electron chi connectivity index (χ1n) is 9.23. The summed E-state index contributed by atoms with van der Waals surface area (Å²) in [5, 5.41) is 6.93. The summed E-state index contributed by atoms with van der Waals surface area (Å²) >= 11 is 0. The summed E-state index contributed by atoms with van der Waals surface area (Å²) in [6.45, 7) is 5.59. The Balaban J connectivity index is 1.54. The second kappa shape index (κ2) is 8.21. The lowest BCUT2D eigenvalue weighted by Gasteiger charge is -2.38. The lowest BCUT2D eigenvalue weighted by molar-refractivity contribution is -0.134. The Morgan fingerprint density at radius 2 is 2.23 bits per heavy atom. The third kappa shape index (κ3) is 4.15. The smallest absolute Gasteiger partial charge is 0.268 e. The third-order valence-corrected chi connectivity index (χ3v) is 4.88. The van der Waals surface area contributed by atoms with Crippen molar-refractivity contribution in [3.63, 3.8) is 0 Å². The number of aromatic nitrogens is 2. The highest BCUT2D eigenvalue weighted by molar-refractivity contribution is 5.93. The molecule has 2 aromatic rings. The standard InChI is InChI=1S/C19H26N4O3/c1-3-8-22-9-4-5-17(22)19(25)20-15-6-10-23(14(2)12-15)18(24)13-16-7-11-26-21-16/h4-5,7,9,11,14-15H,3,6,8,10,12-13H2,1-2H3,(H,20,25). The second-order valence-corrected chi connectivity index (χ2v) is 6.89. The molecule has 3 heterocycles. The number of nitrogens with one attached hydrogen (secondary N) is 1. The van der Waals surface area contributed by atoms with Crippen molar-refractivity contribution in [2.75, 3.05) is 6.54 Å². The van der Waals surface area contributed by atoms with Crippen LogP contribution in [0.15, 0.2) is 35.2 Å². The minimum absolute atomic E-state index is 0.0389. The van der Waals surface area contributed by atoms with Gasteiger partial charge in [0.25, 0.3) is 5.91 Å². The molecule has 0 radical (unpaired) electrons. The molecule has 0 aliphatic carbocycles. The zero-order valence-corrected chi connectivity index (χ0v) is 15.4. The quantitative estimate of drug-likeness (QED) is 0.859. The topological polar surface area (TPSA) is 80.4 Å². The molecule has 1 N–H and O–H groups in total. The number of carbonyl (C=O) groups is 2. The van der Waals surface area contributed by atoms with Gasteiger partial charge in [-0.3, -0.25) is 9.59 Å². The fourth-order valence-electron chi connectivity index (χ4n) is 3.57. The molecule has 1 aliphatic heterocycles. The average Bonchev–Trinajstić information content (AvgIpc) is 3.27. The summed E-state index contributed by atoms with van der Waals surface area (Å²) in [5.41, 5.74) is 1.35. The fourth-order valence-corrected chi connectivity index (χ4v) is 3.57. The van der Waals surface area contributed by atoms with E-state index in [0.29, 0.717) is 17.9 Å². The molecule has 2 amide bonds. The Bertz CT molecular complexity index is 738. The van der Waals surface area contributed by atoms with Crippen LogP contribution >= 0.6 is 0 Å². The summed E-state index contributed by atoms with van der Waals surface area (Å²) < 4.78 is 6.76. The molecule has 1 fully saturated rings. The van der Waals surface area contributed by atoms with Gasteiger partial charge in [0.2, 0.25) is 5.91 Å². The summed E-state index contributed by atoms with van der Waals surface area (Å²) in [5.74, 6) is 0.0102. The molecular weight excluding hydrogens is 332 g/mol. The first-order chi connectivity index (χ1) is 12.6. The summed E-state index contributed by atoms with van der Waals surface area (Å²) in [6, 6.07) is 5.62. The van der Waals surface area contributed by atoms with E-state index in [-0.39, 0.29) is 30.3 Å². The molecule has 7 heteroatoms. The lowest BCUT2D eigenvalue weighted by Crippen LogP contribution is -2.51. The highest BCUT2D eigenvalue weighted by Gasteiger charge is 2.30. The van der Waals surface area contributed by atoms with Crippen LogP contribution in [0, 0.1) is 0 Å². The minimum atomic E-state index is -0.0389. The molecule has 0 bridgehead atoms. The monoisotopic (exact) mass is 358 g/mol. The third-order valence-electron chi connectivity index (χ3n) is 4.88. The summed E-state index contributed by atoms with van der Waals surface area (Å²) in [6.07, 6.45) is 6.16. The molecule has 0 aromatic carbocycles. The number of likely N-dealkylation sites (tertiary alicyclic amines) is 1. The van der Waals surface area contributed by atoms with E-state index in [4.69, 9.17) is 4.52 Å². The maximum atomic E-state index is 12.6. The molecule has 2 atom stereocenters. The largest absolute Gasteiger partial charge is 0.364 e. The van der Waals surface area contributed by atoms with Gasteiger partial charge in [-0.2, -0.15) is 0 Å². The van der Waals surface area contributed by atoms with Gasteiger partial charge in [0.05, 0.1) is 12.1 Å². The number of hydrogen-bond acceptors (Lipinski definition) is 4. The van der Waals surface area contributed by atoms with Crippen molar-refractivity contribution in [2.24, 2.45) is 0 Å². The number of piperidine rings is 1. The van der Waals surface area contributed by atoms with Crippen LogP contribution in [-0.2, 0) is 17.8 Å². The van der Waals surface area contributed by atoms with Crippen LogP contribution in [0.4, 0.5) is 0 Å². The van der Waals surface area contributed by atoms with Crippen LogP contribution in [0.5, 0.6) is 0 Å². The highest BCUT2D eigenvalue weighted by atomic mass is 16.5. The maximum Gasteiger partial charge on any atom is 0.268 e. The Kier molecular flexibility index (Phi) is 5.75.